The Bertz CT molecular complexity index is 509. The summed E-state index contributed by atoms with van der Waals surface area (Å²) in [6.45, 7) is 0.579. The van der Waals surface area contributed by atoms with Gasteiger partial charge >= 0.3 is 0 Å². The lowest BCUT2D eigenvalue weighted by atomic mass is 10.2. The van der Waals surface area contributed by atoms with Crippen LogP contribution >= 0.6 is 0 Å². The molecule has 1 aromatic carbocycles. The maximum absolute atomic E-state index is 9.64. The lowest BCUT2D eigenvalue weighted by molar-refractivity contribution is 0.469. The zero-order valence-electron chi connectivity index (χ0n) is 10.6. The van der Waals surface area contributed by atoms with E-state index in [0.29, 0.717) is 12.3 Å². The summed E-state index contributed by atoms with van der Waals surface area (Å²) < 4.78 is 0. The van der Waals surface area contributed by atoms with Gasteiger partial charge in [0.25, 0.3) is 0 Å². The van der Waals surface area contributed by atoms with Crippen LogP contribution in [0.15, 0.2) is 42.6 Å². The Labute approximate surface area is 107 Å². The smallest absolute Gasteiger partial charge is 0.128 e. The molecule has 0 aliphatic rings. The predicted molar refractivity (Wildman–Crippen MR) is 74.0 cm³/mol. The molecule has 0 unspecified atom stereocenters. The largest absolute Gasteiger partial charge is 0.508 e. The number of hydrogen-bond donors (Lipinski definition) is 2. The predicted octanol–water partition coefficient (Wildman–Crippen LogP) is 2.47. The first kappa shape index (κ1) is 12.2. The number of rotatable bonds is 4. The summed E-state index contributed by atoms with van der Waals surface area (Å²) in [5.74, 6) is 1.23. The van der Waals surface area contributed by atoms with E-state index in [1.165, 1.54) is 0 Å². The summed E-state index contributed by atoms with van der Waals surface area (Å²) in [4.78, 5) is 6.27. The molecule has 0 saturated heterocycles. The van der Waals surface area contributed by atoms with Crippen LogP contribution in [0.25, 0.3) is 0 Å². The number of benzene rings is 1. The third-order valence-corrected chi connectivity index (χ3v) is 2.68. The van der Waals surface area contributed by atoms with Gasteiger partial charge in [-0.15, -0.1) is 0 Å². The fourth-order valence-electron chi connectivity index (χ4n) is 1.61. The molecule has 94 valence electrons. The Morgan fingerprint density at radius 1 is 1.17 bits per heavy atom. The first-order valence-electron chi connectivity index (χ1n) is 5.81. The molecule has 0 aliphatic carbocycles. The van der Waals surface area contributed by atoms with Crippen molar-refractivity contribution in [2.75, 3.05) is 24.3 Å². The molecule has 0 radical (unpaired) electrons. The van der Waals surface area contributed by atoms with Crippen LogP contribution in [0.3, 0.4) is 0 Å². The van der Waals surface area contributed by atoms with Crippen LogP contribution < -0.4 is 10.2 Å². The number of hydrogen-bond acceptors (Lipinski definition) is 4. The second-order valence-corrected chi connectivity index (χ2v) is 4.28. The quantitative estimate of drug-likeness (QED) is 0.866. The number of phenolic OH excluding ortho intramolecular Hbond substituents is 1. The summed E-state index contributed by atoms with van der Waals surface area (Å²) in [7, 11) is 3.91. The summed E-state index contributed by atoms with van der Waals surface area (Å²) >= 11 is 0. The van der Waals surface area contributed by atoms with E-state index in [1.807, 2.05) is 49.3 Å². The van der Waals surface area contributed by atoms with Gasteiger partial charge in [-0.25, -0.2) is 4.98 Å². The van der Waals surface area contributed by atoms with E-state index in [1.54, 1.807) is 12.3 Å². The minimum absolute atomic E-state index is 0.308. The molecule has 4 heteroatoms. The number of nitrogens with one attached hydrogen (secondary N) is 1. The van der Waals surface area contributed by atoms with E-state index < -0.39 is 0 Å². The van der Waals surface area contributed by atoms with Crippen LogP contribution in [0.5, 0.6) is 5.75 Å². The van der Waals surface area contributed by atoms with Crippen LogP contribution in [0, 0.1) is 0 Å². The summed E-state index contributed by atoms with van der Waals surface area (Å²) in [6, 6.07) is 11.2. The Kier molecular flexibility index (Phi) is 3.67. The van der Waals surface area contributed by atoms with Crippen molar-refractivity contribution in [1.82, 2.24) is 4.98 Å². The van der Waals surface area contributed by atoms with E-state index in [9.17, 15) is 5.11 Å². The molecule has 0 aliphatic heterocycles. The first-order valence-corrected chi connectivity index (χ1v) is 5.81. The number of anilines is 2. The van der Waals surface area contributed by atoms with Gasteiger partial charge in [0.2, 0.25) is 0 Å². The highest BCUT2D eigenvalue weighted by molar-refractivity contribution is 5.48. The van der Waals surface area contributed by atoms with Crippen LogP contribution in [0.4, 0.5) is 11.5 Å². The molecule has 0 saturated carbocycles. The van der Waals surface area contributed by atoms with E-state index in [0.717, 1.165) is 17.1 Å². The van der Waals surface area contributed by atoms with Crippen LogP contribution in [-0.2, 0) is 6.54 Å². The third kappa shape index (κ3) is 2.91. The highest BCUT2D eigenvalue weighted by Gasteiger charge is 2.00. The fourth-order valence-corrected chi connectivity index (χ4v) is 1.61. The second-order valence-electron chi connectivity index (χ2n) is 4.28. The Morgan fingerprint density at radius 3 is 2.56 bits per heavy atom. The first-order chi connectivity index (χ1) is 8.66. The topological polar surface area (TPSA) is 48.4 Å². The number of aromatic nitrogens is 1. The van der Waals surface area contributed by atoms with Crippen molar-refractivity contribution in [2.45, 2.75) is 6.54 Å². The maximum Gasteiger partial charge on any atom is 0.128 e. The van der Waals surface area contributed by atoms with Crippen LogP contribution in [-0.4, -0.2) is 24.2 Å². The van der Waals surface area contributed by atoms with Gasteiger partial charge in [0.05, 0.1) is 11.9 Å². The SMILES string of the molecule is CN(C)c1ccc(NCc2ccccc2O)cn1. The summed E-state index contributed by atoms with van der Waals surface area (Å²) in [5.41, 5.74) is 1.80. The van der Waals surface area contributed by atoms with Crippen LogP contribution in [0.2, 0.25) is 0 Å². The van der Waals surface area contributed by atoms with E-state index >= 15 is 0 Å². The van der Waals surface area contributed by atoms with Crippen molar-refractivity contribution < 1.29 is 5.11 Å². The number of nitrogens with zero attached hydrogens (tertiary/aromatic N) is 2. The van der Waals surface area contributed by atoms with Crippen LogP contribution in [0.1, 0.15) is 5.56 Å². The van der Waals surface area contributed by atoms with Crippen molar-refractivity contribution in [3.05, 3.63) is 48.2 Å². The van der Waals surface area contributed by atoms with Gasteiger partial charge in [-0.1, -0.05) is 18.2 Å². The van der Waals surface area contributed by atoms with E-state index in [2.05, 4.69) is 10.3 Å². The molecule has 1 heterocycles. The highest BCUT2D eigenvalue weighted by Crippen LogP contribution is 2.18. The van der Waals surface area contributed by atoms with Gasteiger partial charge in [0, 0.05) is 26.2 Å². The van der Waals surface area contributed by atoms with Gasteiger partial charge in [-0.3, -0.25) is 0 Å². The monoisotopic (exact) mass is 243 g/mol. The molecule has 0 spiro atoms. The van der Waals surface area contributed by atoms with Crippen molar-refractivity contribution in [3.63, 3.8) is 0 Å². The molecule has 4 nitrogen and oxygen atoms in total. The number of phenols is 1. The molecule has 0 atom stereocenters. The minimum atomic E-state index is 0.308. The third-order valence-electron chi connectivity index (χ3n) is 2.68. The van der Waals surface area contributed by atoms with Crippen molar-refractivity contribution in [1.29, 1.82) is 0 Å². The average Bonchev–Trinajstić information content (AvgIpc) is 2.38. The maximum atomic E-state index is 9.64. The van der Waals surface area contributed by atoms with E-state index in [-0.39, 0.29) is 0 Å². The number of para-hydroxylation sites is 1. The minimum Gasteiger partial charge on any atom is -0.508 e. The molecule has 0 bridgehead atoms. The summed E-state index contributed by atoms with van der Waals surface area (Å²) in [5, 5.41) is 12.9. The lowest BCUT2D eigenvalue weighted by Crippen LogP contribution is -2.10. The van der Waals surface area contributed by atoms with Crippen molar-refractivity contribution in [2.24, 2.45) is 0 Å². The molecule has 2 rings (SSSR count). The number of aromatic hydroxyl groups is 1. The molecule has 2 N–H and O–H groups in total. The van der Waals surface area contributed by atoms with Gasteiger partial charge in [-0.05, 0) is 18.2 Å². The molecule has 0 amide bonds. The molecule has 1 aromatic heterocycles. The summed E-state index contributed by atoms with van der Waals surface area (Å²) in [6.07, 6.45) is 1.79. The zero-order valence-corrected chi connectivity index (χ0v) is 10.6. The molecular weight excluding hydrogens is 226 g/mol. The van der Waals surface area contributed by atoms with Gasteiger partial charge < -0.3 is 15.3 Å². The Hall–Kier alpha value is -2.23. The normalized spacial score (nSPS) is 10.1. The Balaban J connectivity index is 2.00. The molecule has 18 heavy (non-hydrogen) atoms. The molecular formula is C14H17N3O. The average molecular weight is 243 g/mol. The lowest BCUT2D eigenvalue weighted by Gasteiger charge is -2.12. The zero-order chi connectivity index (χ0) is 13.0. The highest BCUT2D eigenvalue weighted by atomic mass is 16.3. The standard InChI is InChI=1S/C14H17N3O/c1-17(2)14-8-7-12(10-16-14)15-9-11-5-3-4-6-13(11)18/h3-8,10,15,18H,9H2,1-2H3. The van der Waals surface area contributed by atoms with Gasteiger partial charge in [0.1, 0.15) is 11.6 Å². The molecule has 0 fully saturated rings. The van der Waals surface area contributed by atoms with E-state index in [4.69, 9.17) is 0 Å². The van der Waals surface area contributed by atoms with Crippen molar-refractivity contribution >= 4 is 11.5 Å². The van der Waals surface area contributed by atoms with Gasteiger partial charge in [0.15, 0.2) is 0 Å². The molecule has 2 aromatic rings. The van der Waals surface area contributed by atoms with Gasteiger partial charge in [-0.2, -0.15) is 0 Å². The van der Waals surface area contributed by atoms with Crippen molar-refractivity contribution in [3.8, 4) is 5.75 Å². The second kappa shape index (κ2) is 5.40. The Morgan fingerprint density at radius 2 is 1.94 bits per heavy atom. The number of pyridine rings is 1. The fraction of sp³-hybridized carbons (Fsp3) is 0.214.